The number of carbonyl (C=O) groups excluding carboxylic acids is 4. The van der Waals surface area contributed by atoms with Crippen LogP contribution in [0.25, 0.3) is 32.7 Å². The molecule has 0 bridgehead atoms. The molecule has 6 rings (SSSR count). The van der Waals surface area contributed by atoms with Gasteiger partial charge in [-0.3, -0.25) is 19.2 Å². The van der Waals surface area contributed by atoms with Crippen molar-refractivity contribution in [2.75, 3.05) is 23.7 Å². The van der Waals surface area contributed by atoms with E-state index in [1.54, 1.807) is 9.80 Å². The average Bonchev–Trinajstić information content (AvgIpc) is 3.67. The number of nitrogens with zero attached hydrogens (tertiary/aromatic N) is 2. The molecule has 8 heteroatoms. The highest BCUT2D eigenvalue weighted by molar-refractivity contribution is 6.17. The Morgan fingerprint density at radius 2 is 1.05 bits per heavy atom. The molecule has 4 aromatic rings. The van der Waals surface area contributed by atoms with Gasteiger partial charge in [-0.25, -0.2) is 0 Å². The van der Waals surface area contributed by atoms with Gasteiger partial charge in [0.15, 0.2) is 0 Å². The van der Waals surface area contributed by atoms with Crippen LogP contribution in [0.4, 0.5) is 11.4 Å². The zero-order valence-corrected chi connectivity index (χ0v) is 22.0. The summed E-state index contributed by atoms with van der Waals surface area (Å²) in [4.78, 5) is 53.1. The van der Waals surface area contributed by atoms with Crippen LogP contribution in [0, 0.1) is 0 Å². The van der Waals surface area contributed by atoms with Crippen LogP contribution in [0.15, 0.2) is 72.8 Å². The first-order chi connectivity index (χ1) is 19.6. The quantitative estimate of drug-likeness (QED) is 0.334. The molecule has 2 heterocycles. The molecule has 2 fully saturated rings. The highest BCUT2D eigenvalue weighted by atomic mass is 16.2. The van der Waals surface area contributed by atoms with Crippen molar-refractivity contribution in [2.45, 2.75) is 37.8 Å². The maximum Gasteiger partial charge on any atom is 0.247 e. The highest BCUT2D eigenvalue weighted by Gasteiger charge is 2.32. The second kappa shape index (κ2) is 10.8. The number of anilines is 2. The van der Waals surface area contributed by atoms with Crippen molar-refractivity contribution in [3.8, 4) is 11.1 Å². The topological polar surface area (TPSA) is 98.8 Å². The lowest BCUT2D eigenvalue weighted by Gasteiger charge is -2.24. The summed E-state index contributed by atoms with van der Waals surface area (Å²) in [5, 5.41) is 10.0. The molecule has 8 nitrogen and oxygen atoms in total. The zero-order chi connectivity index (χ0) is 27.6. The number of fused-ring (bicyclic) bond motifs is 2. The van der Waals surface area contributed by atoms with Crippen molar-refractivity contribution in [2.24, 2.45) is 0 Å². The fourth-order valence-corrected chi connectivity index (χ4v) is 6.12. The summed E-state index contributed by atoms with van der Waals surface area (Å²) in [5.41, 5.74) is 2.77. The van der Waals surface area contributed by atoms with Gasteiger partial charge in [-0.05, 0) is 59.4 Å². The molecule has 4 amide bonds. The molecule has 0 unspecified atom stereocenters. The Morgan fingerprint density at radius 3 is 1.48 bits per heavy atom. The standard InChI is InChI=1S/C32H30N4O4/c37-19-35-17-5-11-27(35)31(39)33-25-15-13-21-7-1-3-9-23(21)29(25)30-24-10-4-2-8-22(24)14-16-26(30)34-32(40)28-12-6-18-36(28)20-38/h1-4,7-10,13-16,19-20,27-28H,5-6,11-12,17-18H2,(H,33,39)(H,34,40)/t27-,28-/m0/s1. The molecule has 2 N–H and O–H groups in total. The molecule has 0 spiro atoms. The van der Waals surface area contributed by atoms with Crippen LogP contribution < -0.4 is 10.6 Å². The van der Waals surface area contributed by atoms with Crippen molar-refractivity contribution >= 4 is 57.6 Å². The minimum atomic E-state index is -0.528. The third-order valence-corrected chi connectivity index (χ3v) is 8.09. The highest BCUT2D eigenvalue weighted by Crippen LogP contribution is 2.44. The SMILES string of the molecule is O=CN1CCC[C@H]1C(=O)Nc1ccc2ccccc2c1-c1c(NC(=O)[C@@H]2CCCN2C=O)ccc2ccccc12. The average molecular weight is 535 g/mol. The second-order valence-electron chi connectivity index (χ2n) is 10.4. The molecule has 40 heavy (non-hydrogen) atoms. The predicted octanol–water partition coefficient (Wildman–Crippen LogP) is 4.78. The van der Waals surface area contributed by atoms with Gasteiger partial charge in [0, 0.05) is 35.6 Å². The smallest absolute Gasteiger partial charge is 0.247 e. The summed E-state index contributed by atoms with van der Waals surface area (Å²) >= 11 is 0. The van der Waals surface area contributed by atoms with Crippen LogP contribution in [0.2, 0.25) is 0 Å². The normalized spacial score (nSPS) is 18.7. The van der Waals surface area contributed by atoms with E-state index in [1.165, 1.54) is 0 Å². The minimum absolute atomic E-state index is 0.237. The van der Waals surface area contributed by atoms with Crippen molar-refractivity contribution < 1.29 is 19.2 Å². The zero-order valence-electron chi connectivity index (χ0n) is 22.0. The van der Waals surface area contributed by atoms with Crippen molar-refractivity contribution in [1.82, 2.24) is 9.80 Å². The summed E-state index contributed by atoms with van der Waals surface area (Å²) in [7, 11) is 0. The number of amides is 4. The third kappa shape index (κ3) is 4.55. The van der Waals surface area contributed by atoms with E-state index >= 15 is 0 Å². The maximum absolute atomic E-state index is 13.5. The molecule has 202 valence electrons. The largest absolute Gasteiger partial charge is 0.333 e. The fourth-order valence-electron chi connectivity index (χ4n) is 6.12. The molecule has 2 aliphatic heterocycles. The minimum Gasteiger partial charge on any atom is -0.333 e. The van der Waals surface area contributed by atoms with Crippen LogP contribution >= 0.6 is 0 Å². The lowest BCUT2D eigenvalue weighted by molar-refractivity contribution is -0.127. The van der Waals surface area contributed by atoms with Gasteiger partial charge in [0.2, 0.25) is 24.6 Å². The Labute approximate surface area is 231 Å². The Bertz CT molecular complexity index is 1510. The molecule has 4 aromatic carbocycles. The van der Waals surface area contributed by atoms with E-state index in [0.717, 1.165) is 58.3 Å². The molecule has 0 aliphatic carbocycles. The van der Waals surface area contributed by atoms with Crippen LogP contribution in [0.1, 0.15) is 25.7 Å². The van der Waals surface area contributed by atoms with Crippen LogP contribution in [-0.4, -0.2) is 59.6 Å². The summed E-state index contributed by atoms with van der Waals surface area (Å²) < 4.78 is 0. The number of hydrogen-bond acceptors (Lipinski definition) is 4. The summed E-state index contributed by atoms with van der Waals surface area (Å²) in [5.74, 6) is -0.473. The first kappa shape index (κ1) is 25.6. The van der Waals surface area contributed by atoms with Crippen molar-refractivity contribution in [1.29, 1.82) is 0 Å². The first-order valence-electron chi connectivity index (χ1n) is 13.7. The molecule has 0 aromatic heterocycles. The molecular formula is C32H30N4O4. The van der Waals surface area contributed by atoms with E-state index in [2.05, 4.69) is 10.6 Å². The summed E-state index contributed by atoms with van der Waals surface area (Å²) in [6.45, 7) is 1.12. The lowest BCUT2D eigenvalue weighted by atomic mass is 9.90. The Hall–Kier alpha value is -4.72. The number of rotatable bonds is 7. The number of hydrogen-bond donors (Lipinski definition) is 2. The molecule has 2 aliphatic rings. The number of likely N-dealkylation sites (tertiary alicyclic amines) is 2. The Kier molecular flexibility index (Phi) is 6.90. The van der Waals surface area contributed by atoms with Gasteiger partial charge in [0.05, 0.1) is 0 Å². The monoisotopic (exact) mass is 534 g/mol. The van der Waals surface area contributed by atoms with Crippen LogP contribution in [0.3, 0.4) is 0 Å². The van der Waals surface area contributed by atoms with Crippen molar-refractivity contribution in [3.05, 3.63) is 72.8 Å². The number of nitrogens with one attached hydrogen (secondary N) is 2. The molecule has 2 saturated heterocycles. The van der Waals surface area contributed by atoms with Gasteiger partial charge in [-0.2, -0.15) is 0 Å². The van der Waals surface area contributed by atoms with Crippen molar-refractivity contribution in [3.63, 3.8) is 0 Å². The summed E-state index contributed by atoms with van der Waals surface area (Å²) in [6.07, 6.45) is 4.25. The van der Waals surface area contributed by atoms with Gasteiger partial charge in [-0.15, -0.1) is 0 Å². The Balaban J connectivity index is 1.52. The van der Waals surface area contributed by atoms with E-state index in [9.17, 15) is 19.2 Å². The summed E-state index contributed by atoms with van der Waals surface area (Å²) in [6, 6.07) is 22.5. The van der Waals surface area contributed by atoms with Gasteiger partial charge >= 0.3 is 0 Å². The van der Waals surface area contributed by atoms with E-state index < -0.39 is 12.1 Å². The molecule has 0 radical (unpaired) electrons. The lowest BCUT2D eigenvalue weighted by Crippen LogP contribution is -2.39. The van der Waals surface area contributed by atoms with Gasteiger partial charge < -0.3 is 20.4 Å². The number of carbonyl (C=O) groups is 4. The molecular weight excluding hydrogens is 504 g/mol. The van der Waals surface area contributed by atoms with E-state index in [4.69, 9.17) is 0 Å². The fraction of sp³-hybridized carbons (Fsp3) is 0.250. The molecule has 2 atom stereocenters. The van der Waals surface area contributed by atoms with Gasteiger partial charge in [0.1, 0.15) is 12.1 Å². The van der Waals surface area contributed by atoms with E-state index in [-0.39, 0.29) is 11.8 Å². The number of benzene rings is 4. The van der Waals surface area contributed by atoms with Gasteiger partial charge in [0.25, 0.3) is 0 Å². The van der Waals surface area contributed by atoms with Gasteiger partial charge in [-0.1, -0.05) is 60.7 Å². The third-order valence-electron chi connectivity index (χ3n) is 8.09. The van der Waals surface area contributed by atoms with Crippen LogP contribution in [0.5, 0.6) is 0 Å². The second-order valence-corrected chi connectivity index (χ2v) is 10.4. The first-order valence-corrected chi connectivity index (χ1v) is 13.7. The predicted molar refractivity (Wildman–Crippen MR) is 156 cm³/mol. The van der Waals surface area contributed by atoms with E-state index in [1.807, 2.05) is 72.8 Å². The molecule has 0 saturated carbocycles. The Morgan fingerprint density at radius 1 is 0.625 bits per heavy atom. The maximum atomic E-state index is 13.5. The van der Waals surface area contributed by atoms with E-state index in [0.29, 0.717) is 37.3 Å². The van der Waals surface area contributed by atoms with Crippen LogP contribution in [-0.2, 0) is 19.2 Å².